The Kier molecular flexibility index (Phi) is 5.59. The number of carboxylic acids is 1. The van der Waals surface area contributed by atoms with Crippen molar-refractivity contribution in [2.45, 2.75) is 19.4 Å². The Bertz CT molecular complexity index is 484. The average Bonchev–Trinajstić information content (AvgIpc) is 2.98. The smallest absolute Gasteiger partial charge is 0.339 e. The first-order valence-corrected chi connectivity index (χ1v) is 7.41. The lowest BCUT2D eigenvalue weighted by Gasteiger charge is -2.21. The molecule has 1 aliphatic heterocycles. The summed E-state index contributed by atoms with van der Waals surface area (Å²) in [5, 5.41) is 9.08. The van der Waals surface area contributed by atoms with Crippen LogP contribution >= 0.6 is 0 Å². The van der Waals surface area contributed by atoms with Crippen LogP contribution in [0.3, 0.4) is 0 Å². The summed E-state index contributed by atoms with van der Waals surface area (Å²) in [6, 6.07) is 5.29. The molecule has 1 aliphatic rings. The second-order valence-electron chi connectivity index (χ2n) is 5.63. The summed E-state index contributed by atoms with van der Waals surface area (Å²) >= 11 is 0. The van der Waals surface area contributed by atoms with Gasteiger partial charge in [-0.1, -0.05) is 6.07 Å². The zero-order chi connectivity index (χ0) is 15.2. The van der Waals surface area contributed by atoms with Crippen LogP contribution in [0.4, 0.5) is 0 Å². The van der Waals surface area contributed by atoms with Crippen LogP contribution in [0, 0.1) is 0 Å². The van der Waals surface area contributed by atoms with Crippen LogP contribution in [-0.4, -0.2) is 61.2 Å². The summed E-state index contributed by atoms with van der Waals surface area (Å²) in [5.74, 6) is -0.534. The van der Waals surface area contributed by atoms with Gasteiger partial charge in [-0.3, -0.25) is 0 Å². The summed E-state index contributed by atoms with van der Waals surface area (Å²) < 4.78 is 5.16. The number of likely N-dealkylation sites (tertiary alicyclic amines) is 1. The molecule has 5 nitrogen and oxygen atoms in total. The lowest BCUT2D eigenvalue weighted by Crippen LogP contribution is -2.31. The molecule has 2 rings (SSSR count). The third-order valence-corrected chi connectivity index (χ3v) is 3.95. The summed E-state index contributed by atoms with van der Waals surface area (Å²) in [7, 11) is 3.59. The standard InChI is InChI=1S/C16H24N2O3/c1-17(9-10-18-7-3-4-8-18)12-13-5-6-14(16(19)20)15(11-13)21-2/h5-6,11H,3-4,7-10,12H2,1-2H3,(H,19,20). The number of carbonyl (C=O) groups is 1. The van der Waals surface area contributed by atoms with Crippen LogP contribution in [0.5, 0.6) is 5.75 Å². The van der Waals surface area contributed by atoms with Crippen molar-refractivity contribution in [1.29, 1.82) is 0 Å². The van der Waals surface area contributed by atoms with Gasteiger partial charge in [-0.05, 0) is 50.7 Å². The molecule has 0 saturated carbocycles. The molecule has 116 valence electrons. The van der Waals surface area contributed by atoms with E-state index in [1.807, 2.05) is 12.1 Å². The van der Waals surface area contributed by atoms with E-state index in [9.17, 15) is 4.79 Å². The molecule has 1 aromatic carbocycles. The van der Waals surface area contributed by atoms with E-state index in [0.29, 0.717) is 5.75 Å². The highest BCUT2D eigenvalue weighted by molar-refractivity contribution is 5.90. The van der Waals surface area contributed by atoms with Crippen LogP contribution in [0.2, 0.25) is 0 Å². The van der Waals surface area contributed by atoms with E-state index in [1.165, 1.54) is 33.0 Å². The van der Waals surface area contributed by atoms with Crippen LogP contribution < -0.4 is 4.74 Å². The van der Waals surface area contributed by atoms with E-state index in [2.05, 4.69) is 16.8 Å². The predicted molar refractivity (Wildman–Crippen MR) is 82.0 cm³/mol. The van der Waals surface area contributed by atoms with E-state index in [0.717, 1.165) is 25.2 Å². The molecule has 1 N–H and O–H groups in total. The molecule has 1 saturated heterocycles. The van der Waals surface area contributed by atoms with Gasteiger partial charge in [0, 0.05) is 19.6 Å². The molecule has 1 fully saturated rings. The average molecular weight is 292 g/mol. The van der Waals surface area contributed by atoms with Gasteiger partial charge in [0.25, 0.3) is 0 Å². The Morgan fingerprint density at radius 2 is 2.10 bits per heavy atom. The minimum absolute atomic E-state index is 0.209. The first-order valence-electron chi connectivity index (χ1n) is 7.41. The Labute approximate surface area is 126 Å². The number of likely N-dealkylation sites (N-methyl/N-ethyl adjacent to an activating group) is 1. The first-order chi connectivity index (χ1) is 10.1. The van der Waals surface area contributed by atoms with Gasteiger partial charge < -0.3 is 19.6 Å². The van der Waals surface area contributed by atoms with Crippen LogP contribution in [0.25, 0.3) is 0 Å². The van der Waals surface area contributed by atoms with Crippen molar-refractivity contribution in [1.82, 2.24) is 9.80 Å². The number of nitrogens with zero attached hydrogens (tertiary/aromatic N) is 2. The minimum Gasteiger partial charge on any atom is -0.496 e. The van der Waals surface area contributed by atoms with Gasteiger partial charge in [0.2, 0.25) is 0 Å². The van der Waals surface area contributed by atoms with Crippen molar-refractivity contribution in [3.63, 3.8) is 0 Å². The van der Waals surface area contributed by atoms with Gasteiger partial charge in [-0.2, -0.15) is 0 Å². The monoisotopic (exact) mass is 292 g/mol. The zero-order valence-corrected chi connectivity index (χ0v) is 12.8. The molecule has 1 aromatic rings. The molecule has 0 radical (unpaired) electrons. The highest BCUT2D eigenvalue weighted by Crippen LogP contribution is 2.21. The number of ether oxygens (including phenoxy) is 1. The van der Waals surface area contributed by atoms with Crippen LogP contribution in [-0.2, 0) is 6.54 Å². The van der Waals surface area contributed by atoms with Crippen molar-refractivity contribution >= 4 is 5.97 Å². The summed E-state index contributed by atoms with van der Waals surface area (Å²) in [4.78, 5) is 15.8. The maximum Gasteiger partial charge on any atom is 0.339 e. The molecule has 0 unspecified atom stereocenters. The van der Waals surface area contributed by atoms with E-state index >= 15 is 0 Å². The minimum atomic E-state index is -0.958. The number of hydrogen-bond acceptors (Lipinski definition) is 4. The number of aromatic carboxylic acids is 1. The van der Waals surface area contributed by atoms with Crippen molar-refractivity contribution in [3.05, 3.63) is 29.3 Å². The molecular formula is C16H24N2O3. The first kappa shape index (κ1) is 15.8. The Balaban J connectivity index is 1.90. The zero-order valence-electron chi connectivity index (χ0n) is 12.8. The Hall–Kier alpha value is -1.59. The molecule has 5 heteroatoms. The second kappa shape index (κ2) is 7.43. The molecule has 21 heavy (non-hydrogen) atoms. The van der Waals surface area contributed by atoms with Gasteiger partial charge in [-0.25, -0.2) is 4.79 Å². The highest BCUT2D eigenvalue weighted by Gasteiger charge is 2.14. The predicted octanol–water partition coefficient (Wildman–Crippen LogP) is 1.92. The maximum atomic E-state index is 11.1. The quantitative estimate of drug-likeness (QED) is 0.832. The van der Waals surface area contributed by atoms with Crippen molar-refractivity contribution < 1.29 is 14.6 Å². The van der Waals surface area contributed by atoms with Gasteiger partial charge in [0.05, 0.1) is 7.11 Å². The van der Waals surface area contributed by atoms with Crippen molar-refractivity contribution in [2.24, 2.45) is 0 Å². The van der Waals surface area contributed by atoms with E-state index < -0.39 is 5.97 Å². The number of carboxylic acid groups (broad SMARTS) is 1. The molecule has 0 aromatic heterocycles. The molecule has 0 amide bonds. The third-order valence-electron chi connectivity index (χ3n) is 3.95. The summed E-state index contributed by atoms with van der Waals surface area (Å²) in [6.07, 6.45) is 2.63. The lowest BCUT2D eigenvalue weighted by molar-refractivity contribution is 0.0693. The van der Waals surface area contributed by atoms with Gasteiger partial charge in [0.1, 0.15) is 11.3 Å². The van der Waals surface area contributed by atoms with Crippen LogP contribution in [0.15, 0.2) is 18.2 Å². The number of hydrogen-bond donors (Lipinski definition) is 1. The number of rotatable bonds is 7. The molecule has 1 heterocycles. The number of benzene rings is 1. The third kappa shape index (κ3) is 4.44. The largest absolute Gasteiger partial charge is 0.496 e. The fourth-order valence-corrected chi connectivity index (χ4v) is 2.72. The summed E-state index contributed by atoms with van der Waals surface area (Å²) in [5.41, 5.74) is 1.28. The molecule has 0 spiro atoms. The maximum absolute atomic E-state index is 11.1. The second-order valence-corrected chi connectivity index (χ2v) is 5.63. The van der Waals surface area contributed by atoms with E-state index in [-0.39, 0.29) is 5.56 Å². The lowest BCUT2D eigenvalue weighted by atomic mass is 10.1. The molecule has 0 bridgehead atoms. The topological polar surface area (TPSA) is 53.0 Å². The van der Waals surface area contributed by atoms with E-state index in [4.69, 9.17) is 9.84 Å². The number of methoxy groups -OCH3 is 1. The van der Waals surface area contributed by atoms with Gasteiger partial charge >= 0.3 is 5.97 Å². The van der Waals surface area contributed by atoms with Gasteiger partial charge in [0.15, 0.2) is 0 Å². The molecular weight excluding hydrogens is 268 g/mol. The fraction of sp³-hybridized carbons (Fsp3) is 0.562. The van der Waals surface area contributed by atoms with Gasteiger partial charge in [-0.15, -0.1) is 0 Å². The molecule has 0 aliphatic carbocycles. The van der Waals surface area contributed by atoms with Crippen molar-refractivity contribution in [2.75, 3.05) is 40.3 Å². The van der Waals surface area contributed by atoms with Crippen molar-refractivity contribution in [3.8, 4) is 5.75 Å². The summed E-state index contributed by atoms with van der Waals surface area (Å²) in [6.45, 7) is 5.35. The Morgan fingerprint density at radius 1 is 1.38 bits per heavy atom. The fourth-order valence-electron chi connectivity index (χ4n) is 2.72. The highest BCUT2D eigenvalue weighted by atomic mass is 16.5. The Morgan fingerprint density at radius 3 is 2.71 bits per heavy atom. The molecule has 0 atom stereocenters. The van der Waals surface area contributed by atoms with E-state index in [1.54, 1.807) is 6.07 Å². The normalized spacial score (nSPS) is 15.6. The SMILES string of the molecule is COc1cc(CN(C)CCN2CCCC2)ccc1C(=O)O. The van der Waals surface area contributed by atoms with Crippen LogP contribution in [0.1, 0.15) is 28.8 Å².